The molecule has 11 rings (SSSR count). The molecule has 238 valence electrons. The van der Waals surface area contributed by atoms with E-state index < -0.39 is 5.41 Å². The molecule has 1 spiro atoms. The van der Waals surface area contributed by atoms with E-state index in [9.17, 15) is 0 Å². The van der Waals surface area contributed by atoms with Gasteiger partial charge in [-0.1, -0.05) is 140 Å². The summed E-state index contributed by atoms with van der Waals surface area (Å²) in [4.78, 5) is 10.6. The third-order valence-corrected chi connectivity index (χ3v) is 11.7. The summed E-state index contributed by atoms with van der Waals surface area (Å²) in [5.41, 5.74) is 11.4. The van der Waals surface area contributed by atoms with Gasteiger partial charge in [0.25, 0.3) is 0 Å². The van der Waals surface area contributed by atoms with Crippen LogP contribution in [0.1, 0.15) is 22.3 Å². The van der Waals surface area contributed by atoms with Gasteiger partial charge in [0.2, 0.25) is 0 Å². The maximum absolute atomic E-state index is 6.98. The smallest absolute Gasteiger partial charge is 0.164 e. The Bertz CT molecular complexity index is 2810. The molecule has 3 heterocycles. The molecule has 7 aromatic carbocycles. The van der Waals surface area contributed by atoms with Crippen molar-refractivity contribution in [1.29, 1.82) is 0 Å². The lowest BCUT2D eigenvalue weighted by Crippen LogP contribution is -2.32. The third-order valence-electron chi connectivity index (χ3n) is 10.6. The molecule has 0 amide bonds. The Labute approximate surface area is 299 Å². The van der Waals surface area contributed by atoms with Crippen molar-refractivity contribution in [3.63, 3.8) is 0 Å². The lowest BCUT2D eigenvalue weighted by molar-refractivity contribution is 0.437. The SMILES string of the molecule is c1ccc(-c2cc(-c3ccc4c(c3)sc3ccccc34)nc(-c3cccc4c3Oc3ccccc3C43c4ccccc4-c4ccccc43)n2)cc1. The zero-order valence-electron chi connectivity index (χ0n) is 27.4. The van der Waals surface area contributed by atoms with Crippen LogP contribution in [0.3, 0.4) is 0 Å². The van der Waals surface area contributed by atoms with E-state index in [4.69, 9.17) is 14.7 Å². The Morgan fingerprint density at radius 2 is 1.04 bits per heavy atom. The van der Waals surface area contributed by atoms with Gasteiger partial charge in [0.05, 0.1) is 22.4 Å². The number of hydrogen-bond acceptors (Lipinski definition) is 4. The molecule has 9 aromatic rings. The van der Waals surface area contributed by atoms with E-state index in [1.54, 1.807) is 0 Å². The van der Waals surface area contributed by atoms with Crippen LogP contribution in [0.15, 0.2) is 170 Å². The molecule has 0 saturated heterocycles. The Balaban J connectivity index is 1.17. The zero-order valence-corrected chi connectivity index (χ0v) is 28.2. The number of nitrogens with zero attached hydrogens (tertiary/aromatic N) is 2. The Morgan fingerprint density at radius 3 is 1.84 bits per heavy atom. The molecule has 1 aliphatic heterocycles. The van der Waals surface area contributed by atoms with Crippen molar-refractivity contribution in [3.8, 4) is 56.5 Å². The van der Waals surface area contributed by atoms with Gasteiger partial charge >= 0.3 is 0 Å². The van der Waals surface area contributed by atoms with Crippen LogP contribution >= 0.6 is 11.3 Å². The third kappa shape index (κ3) is 4.05. The van der Waals surface area contributed by atoms with Crippen molar-refractivity contribution >= 4 is 31.5 Å². The van der Waals surface area contributed by atoms with Crippen LogP contribution in [0.4, 0.5) is 0 Å². The minimum absolute atomic E-state index is 0.556. The fraction of sp³-hybridized carbons (Fsp3) is 0.0213. The second-order valence-corrected chi connectivity index (χ2v) is 14.3. The summed E-state index contributed by atoms with van der Waals surface area (Å²) in [5, 5.41) is 2.55. The van der Waals surface area contributed by atoms with Crippen molar-refractivity contribution < 1.29 is 4.74 Å². The standard InChI is InChI=1S/C47H28N2OS/c1-2-13-29(14-3-1)40-28-41(30-25-26-34-33-17-6-11-24-43(33)51-44(34)27-30)49-46(48-40)35-18-12-22-39-45(35)50-42-23-10-9-21-38(42)47(39)36-19-7-4-15-31(36)32-16-5-8-20-37(32)47/h1-28H. The quantitative estimate of drug-likeness (QED) is 0.188. The summed E-state index contributed by atoms with van der Waals surface area (Å²) in [6.07, 6.45) is 0. The van der Waals surface area contributed by atoms with Gasteiger partial charge in [-0.3, -0.25) is 0 Å². The van der Waals surface area contributed by atoms with Crippen molar-refractivity contribution in [2.75, 3.05) is 0 Å². The predicted octanol–water partition coefficient (Wildman–Crippen LogP) is 12.3. The number of para-hydroxylation sites is 2. The Morgan fingerprint density at radius 1 is 0.431 bits per heavy atom. The number of thiophene rings is 1. The summed E-state index contributed by atoms with van der Waals surface area (Å²) in [7, 11) is 0. The van der Waals surface area contributed by atoms with Crippen LogP contribution in [0.25, 0.3) is 65.2 Å². The maximum Gasteiger partial charge on any atom is 0.164 e. The fourth-order valence-corrected chi connectivity index (χ4v) is 9.56. The van der Waals surface area contributed by atoms with Crippen LogP contribution in [-0.4, -0.2) is 9.97 Å². The lowest BCUT2D eigenvalue weighted by Gasteiger charge is -2.39. The Kier molecular flexibility index (Phi) is 6.04. The molecule has 0 saturated carbocycles. The van der Waals surface area contributed by atoms with Gasteiger partial charge in [-0.2, -0.15) is 0 Å². The van der Waals surface area contributed by atoms with E-state index in [1.165, 1.54) is 42.4 Å². The molecule has 1 aliphatic carbocycles. The molecule has 4 heteroatoms. The second-order valence-electron chi connectivity index (χ2n) is 13.3. The largest absolute Gasteiger partial charge is 0.456 e. The lowest BCUT2D eigenvalue weighted by atomic mass is 9.66. The first-order chi connectivity index (χ1) is 25.3. The fourth-order valence-electron chi connectivity index (χ4n) is 8.41. The highest BCUT2D eigenvalue weighted by Gasteiger charge is 2.51. The van der Waals surface area contributed by atoms with Gasteiger partial charge in [0, 0.05) is 42.4 Å². The summed E-state index contributed by atoms with van der Waals surface area (Å²) in [6, 6.07) is 60.4. The molecule has 0 bridgehead atoms. The minimum Gasteiger partial charge on any atom is -0.456 e. The highest BCUT2D eigenvalue weighted by Crippen LogP contribution is 2.63. The zero-order chi connectivity index (χ0) is 33.5. The van der Waals surface area contributed by atoms with Crippen molar-refractivity contribution in [1.82, 2.24) is 9.97 Å². The number of hydrogen-bond donors (Lipinski definition) is 0. The first kappa shape index (κ1) is 28.5. The van der Waals surface area contributed by atoms with Crippen LogP contribution in [0, 0.1) is 0 Å². The van der Waals surface area contributed by atoms with Gasteiger partial charge in [0.15, 0.2) is 5.82 Å². The normalized spacial score (nSPS) is 13.4. The molecule has 2 aliphatic rings. The predicted molar refractivity (Wildman–Crippen MR) is 209 cm³/mol. The van der Waals surface area contributed by atoms with Crippen LogP contribution in [0.2, 0.25) is 0 Å². The monoisotopic (exact) mass is 668 g/mol. The van der Waals surface area contributed by atoms with Crippen molar-refractivity contribution in [3.05, 3.63) is 192 Å². The summed E-state index contributed by atoms with van der Waals surface area (Å²) < 4.78 is 9.51. The summed E-state index contributed by atoms with van der Waals surface area (Å²) in [6.45, 7) is 0. The number of aromatic nitrogens is 2. The van der Waals surface area contributed by atoms with E-state index in [-0.39, 0.29) is 0 Å². The maximum atomic E-state index is 6.98. The van der Waals surface area contributed by atoms with E-state index in [1.807, 2.05) is 17.4 Å². The number of rotatable bonds is 3. The van der Waals surface area contributed by atoms with Gasteiger partial charge in [-0.15, -0.1) is 11.3 Å². The van der Waals surface area contributed by atoms with E-state index in [2.05, 4.69) is 164 Å². The van der Waals surface area contributed by atoms with Gasteiger partial charge in [0.1, 0.15) is 11.5 Å². The van der Waals surface area contributed by atoms with Crippen molar-refractivity contribution in [2.24, 2.45) is 0 Å². The average molecular weight is 669 g/mol. The van der Waals surface area contributed by atoms with Gasteiger partial charge < -0.3 is 4.74 Å². The first-order valence-electron chi connectivity index (χ1n) is 17.2. The molecule has 0 radical (unpaired) electrons. The molecular formula is C47H28N2OS. The van der Waals surface area contributed by atoms with Gasteiger partial charge in [-0.25, -0.2) is 9.97 Å². The van der Waals surface area contributed by atoms with Gasteiger partial charge in [-0.05, 0) is 52.6 Å². The average Bonchev–Trinajstić information content (AvgIpc) is 3.72. The first-order valence-corrected chi connectivity index (χ1v) is 18.1. The molecule has 3 nitrogen and oxygen atoms in total. The molecule has 0 N–H and O–H groups in total. The van der Waals surface area contributed by atoms with Crippen LogP contribution < -0.4 is 4.74 Å². The second kappa shape index (κ2) is 10.8. The van der Waals surface area contributed by atoms with Crippen LogP contribution in [-0.2, 0) is 5.41 Å². The topological polar surface area (TPSA) is 35.0 Å². The summed E-state index contributed by atoms with van der Waals surface area (Å²) >= 11 is 1.82. The number of fused-ring (bicyclic) bond motifs is 12. The van der Waals surface area contributed by atoms with E-state index in [0.29, 0.717) is 5.82 Å². The minimum atomic E-state index is -0.556. The Hall–Kier alpha value is -6.36. The highest BCUT2D eigenvalue weighted by molar-refractivity contribution is 7.25. The molecule has 0 fully saturated rings. The molecule has 0 unspecified atom stereocenters. The number of benzene rings is 7. The van der Waals surface area contributed by atoms with E-state index in [0.717, 1.165) is 50.7 Å². The molecule has 0 atom stereocenters. The molecule has 51 heavy (non-hydrogen) atoms. The van der Waals surface area contributed by atoms with E-state index >= 15 is 0 Å². The number of ether oxygens (including phenoxy) is 1. The van der Waals surface area contributed by atoms with Crippen LogP contribution in [0.5, 0.6) is 11.5 Å². The molecular weight excluding hydrogens is 641 g/mol. The molecule has 2 aromatic heterocycles. The van der Waals surface area contributed by atoms with Crippen molar-refractivity contribution in [2.45, 2.75) is 5.41 Å². The highest BCUT2D eigenvalue weighted by atomic mass is 32.1. The summed E-state index contributed by atoms with van der Waals surface area (Å²) in [5.74, 6) is 2.27.